The Bertz CT molecular complexity index is 568. The lowest BCUT2D eigenvalue weighted by atomic mass is 10.00. The molecule has 1 aromatic heterocycles. The Kier molecular flexibility index (Phi) is 3.06. The molecule has 1 heterocycles. The van der Waals surface area contributed by atoms with E-state index in [0.29, 0.717) is 11.4 Å². The number of aromatic nitrogens is 1. The molecule has 84 valence electrons. The van der Waals surface area contributed by atoms with Crippen LogP contribution in [0.3, 0.4) is 0 Å². The molecule has 0 amide bonds. The molecule has 0 spiro atoms. The van der Waals surface area contributed by atoms with Crippen LogP contribution in [0.4, 0.5) is 0 Å². The van der Waals surface area contributed by atoms with Crippen molar-refractivity contribution in [3.8, 4) is 23.1 Å². The van der Waals surface area contributed by atoms with E-state index < -0.39 is 0 Å². The maximum Gasteiger partial charge on any atom is 0.212 e. The van der Waals surface area contributed by atoms with Crippen LogP contribution in [0.5, 0.6) is 5.88 Å². The highest BCUT2D eigenvalue weighted by molar-refractivity contribution is 5.70. The second-order valence-corrected chi connectivity index (χ2v) is 3.75. The topological polar surface area (TPSA) is 45.9 Å². The predicted molar refractivity (Wildman–Crippen MR) is 65.7 cm³/mol. The fourth-order valence-corrected chi connectivity index (χ4v) is 1.65. The Morgan fingerprint density at radius 1 is 1.24 bits per heavy atom. The second-order valence-electron chi connectivity index (χ2n) is 3.75. The molecule has 0 atom stereocenters. The Morgan fingerprint density at radius 3 is 2.65 bits per heavy atom. The molecule has 1 aromatic carbocycles. The molecule has 3 nitrogen and oxygen atoms in total. The van der Waals surface area contributed by atoms with Crippen LogP contribution in [0, 0.1) is 18.3 Å². The Hall–Kier alpha value is -2.34. The largest absolute Gasteiger partial charge is 0.481 e. The van der Waals surface area contributed by atoms with Crippen molar-refractivity contribution >= 4 is 0 Å². The summed E-state index contributed by atoms with van der Waals surface area (Å²) in [5.74, 6) is 0.569. The smallest absolute Gasteiger partial charge is 0.212 e. The molecule has 2 rings (SSSR count). The number of rotatable bonds is 2. The first-order valence-electron chi connectivity index (χ1n) is 5.26. The molecular weight excluding hydrogens is 212 g/mol. The van der Waals surface area contributed by atoms with Gasteiger partial charge in [-0.05, 0) is 19.1 Å². The standard InChI is InChI=1S/C14H12N2O/c1-10-3-4-11(8-15)13(7-10)12-5-6-14(17-2)16-9-12/h3-7,9H,1-2H3. The number of pyridine rings is 1. The highest BCUT2D eigenvalue weighted by atomic mass is 16.5. The number of nitrogens with zero attached hydrogens (tertiary/aromatic N) is 2. The zero-order valence-electron chi connectivity index (χ0n) is 9.77. The zero-order valence-corrected chi connectivity index (χ0v) is 9.77. The van der Waals surface area contributed by atoms with Gasteiger partial charge in [0, 0.05) is 23.4 Å². The van der Waals surface area contributed by atoms with E-state index in [-0.39, 0.29) is 0 Å². The van der Waals surface area contributed by atoms with Gasteiger partial charge in [-0.2, -0.15) is 5.26 Å². The van der Waals surface area contributed by atoms with Crippen LogP contribution >= 0.6 is 0 Å². The van der Waals surface area contributed by atoms with Gasteiger partial charge in [-0.15, -0.1) is 0 Å². The molecule has 3 heteroatoms. The number of methoxy groups -OCH3 is 1. The summed E-state index contributed by atoms with van der Waals surface area (Å²) in [5, 5.41) is 9.08. The molecule has 0 unspecified atom stereocenters. The van der Waals surface area contributed by atoms with E-state index in [2.05, 4.69) is 11.1 Å². The summed E-state index contributed by atoms with van der Waals surface area (Å²) in [6.07, 6.45) is 1.72. The first-order chi connectivity index (χ1) is 8.24. The van der Waals surface area contributed by atoms with Crippen LogP contribution in [0.1, 0.15) is 11.1 Å². The second kappa shape index (κ2) is 4.67. The Labute approximate surface area is 100 Å². The van der Waals surface area contributed by atoms with Crippen molar-refractivity contribution in [2.45, 2.75) is 6.92 Å². The average Bonchev–Trinajstić information content (AvgIpc) is 2.39. The van der Waals surface area contributed by atoms with Crippen LogP contribution in [-0.2, 0) is 0 Å². The number of aryl methyl sites for hydroxylation is 1. The number of ether oxygens (including phenoxy) is 1. The first-order valence-corrected chi connectivity index (χ1v) is 5.26. The van der Waals surface area contributed by atoms with Crippen LogP contribution in [-0.4, -0.2) is 12.1 Å². The molecule has 0 saturated carbocycles. The van der Waals surface area contributed by atoms with Crippen molar-refractivity contribution in [3.05, 3.63) is 47.7 Å². The SMILES string of the molecule is COc1ccc(-c2cc(C)ccc2C#N)cn1. The Balaban J connectivity index is 2.52. The van der Waals surface area contributed by atoms with E-state index in [1.165, 1.54) is 0 Å². The van der Waals surface area contributed by atoms with Crippen molar-refractivity contribution in [1.82, 2.24) is 4.98 Å². The molecule has 2 aromatic rings. The van der Waals surface area contributed by atoms with Crippen molar-refractivity contribution in [2.75, 3.05) is 7.11 Å². The molecule has 0 fully saturated rings. The maximum absolute atomic E-state index is 9.08. The number of hydrogen-bond acceptors (Lipinski definition) is 3. The van der Waals surface area contributed by atoms with E-state index >= 15 is 0 Å². The third-order valence-electron chi connectivity index (χ3n) is 2.55. The number of nitriles is 1. The van der Waals surface area contributed by atoms with Crippen molar-refractivity contribution < 1.29 is 4.74 Å². The van der Waals surface area contributed by atoms with Crippen molar-refractivity contribution in [2.24, 2.45) is 0 Å². The molecule has 0 radical (unpaired) electrons. The maximum atomic E-state index is 9.08. The summed E-state index contributed by atoms with van der Waals surface area (Å²) in [5.41, 5.74) is 3.60. The predicted octanol–water partition coefficient (Wildman–Crippen LogP) is 2.94. The van der Waals surface area contributed by atoms with Crippen molar-refractivity contribution in [3.63, 3.8) is 0 Å². The minimum absolute atomic E-state index is 0.569. The van der Waals surface area contributed by atoms with Gasteiger partial charge in [0.05, 0.1) is 18.7 Å². The van der Waals surface area contributed by atoms with Gasteiger partial charge >= 0.3 is 0 Å². The minimum atomic E-state index is 0.569. The van der Waals surface area contributed by atoms with Gasteiger partial charge in [0.1, 0.15) is 0 Å². The summed E-state index contributed by atoms with van der Waals surface area (Å²) in [7, 11) is 1.58. The fraction of sp³-hybridized carbons (Fsp3) is 0.143. The van der Waals surface area contributed by atoms with Gasteiger partial charge in [-0.25, -0.2) is 4.98 Å². The molecule has 0 bridgehead atoms. The normalized spacial score (nSPS) is 9.71. The lowest BCUT2D eigenvalue weighted by Crippen LogP contribution is -1.89. The highest BCUT2D eigenvalue weighted by Gasteiger charge is 2.05. The van der Waals surface area contributed by atoms with Crippen LogP contribution in [0.15, 0.2) is 36.5 Å². The van der Waals surface area contributed by atoms with Crippen LogP contribution in [0.25, 0.3) is 11.1 Å². The van der Waals surface area contributed by atoms with E-state index in [4.69, 9.17) is 10.00 Å². The van der Waals surface area contributed by atoms with Gasteiger partial charge in [-0.1, -0.05) is 17.7 Å². The zero-order chi connectivity index (χ0) is 12.3. The summed E-state index contributed by atoms with van der Waals surface area (Å²) in [6, 6.07) is 11.6. The average molecular weight is 224 g/mol. The van der Waals surface area contributed by atoms with E-state index in [1.54, 1.807) is 19.4 Å². The van der Waals surface area contributed by atoms with E-state index in [1.807, 2.05) is 31.2 Å². The van der Waals surface area contributed by atoms with Crippen LogP contribution in [0.2, 0.25) is 0 Å². The Morgan fingerprint density at radius 2 is 2.06 bits per heavy atom. The minimum Gasteiger partial charge on any atom is -0.481 e. The molecule has 0 aliphatic carbocycles. The molecule has 0 aliphatic heterocycles. The van der Waals surface area contributed by atoms with Gasteiger partial charge in [-0.3, -0.25) is 0 Å². The van der Waals surface area contributed by atoms with Gasteiger partial charge < -0.3 is 4.74 Å². The first kappa shape index (κ1) is 11.2. The number of hydrogen-bond donors (Lipinski definition) is 0. The van der Waals surface area contributed by atoms with Gasteiger partial charge in [0.15, 0.2) is 0 Å². The summed E-state index contributed by atoms with van der Waals surface area (Å²) in [6.45, 7) is 2.00. The molecule has 0 aliphatic rings. The third-order valence-corrected chi connectivity index (χ3v) is 2.55. The quantitative estimate of drug-likeness (QED) is 0.787. The summed E-state index contributed by atoms with van der Waals surface area (Å²) >= 11 is 0. The van der Waals surface area contributed by atoms with Crippen molar-refractivity contribution in [1.29, 1.82) is 5.26 Å². The van der Waals surface area contributed by atoms with E-state index in [9.17, 15) is 0 Å². The lowest BCUT2D eigenvalue weighted by Gasteiger charge is -2.06. The van der Waals surface area contributed by atoms with Gasteiger partial charge in [0.25, 0.3) is 0 Å². The lowest BCUT2D eigenvalue weighted by molar-refractivity contribution is 0.398. The summed E-state index contributed by atoms with van der Waals surface area (Å²) < 4.78 is 5.01. The molecule has 0 saturated heterocycles. The summed E-state index contributed by atoms with van der Waals surface area (Å²) in [4.78, 5) is 4.15. The third kappa shape index (κ3) is 2.26. The van der Waals surface area contributed by atoms with Gasteiger partial charge in [0.2, 0.25) is 5.88 Å². The molecule has 0 N–H and O–H groups in total. The monoisotopic (exact) mass is 224 g/mol. The number of benzene rings is 1. The molecule has 17 heavy (non-hydrogen) atoms. The molecular formula is C14H12N2O. The van der Waals surface area contributed by atoms with Crippen LogP contribution < -0.4 is 4.74 Å². The van der Waals surface area contributed by atoms with E-state index in [0.717, 1.165) is 16.7 Å². The highest BCUT2D eigenvalue weighted by Crippen LogP contribution is 2.25. The fourth-order valence-electron chi connectivity index (χ4n) is 1.65.